The molecule has 1 atom stereocenters. The van der Waals surface area contributed by atoms with Gasteiger partial charge in [-0.25, -0.2) is 12.8 Å². The van der Waals surface area contributed by atoms with E-state index in [9.17, 15) is 17.6 Å². The minimum absolute atomic E-state index is 0.146. The molecule has 0 saturated carbocycles. The first-order valence-electron chi connectivity index (χ1n) is 10.9. The summed E-state index contributed by atoms with van der Waals surface area (Å²) in [6.07, 6.45) is 1.81. The molecule has 0 radical (unpaired) electrons. The maximum Gasteiger partial charge on any atom is 0.251 e. The van der Waals surface area contributed by atoms with Gasteiger partial charge in [0, 0.05) is 56.6 Å². The Hall–Kier alpha value is -2.65. The topological polar surface area (TPSA) is 73.0 Å². The molecule has 1 saturated heterocycles. The van der Waals surface area contributed by atoms with Crippen LogP contribution in [0.4, 0.5) is 15.8 Å². The highest BCUT2D eigenvalue weighted by atomic mass is 32.2. The predicted octanol–water partition coefficient (Wildman–Crippen LogP) is 2.09. The number of amides is 1. The third-order valence-corrected chi connectivity index (χ3v) is 7.40. The molecular weight excluding hydrogens is 431 g/mol. The van der Waals surface area contributed by atoms with Crippen molar-refractivity contribution in [2.45, 2.75) is 19.4 Å². The lowest BCUT2D eigenvalue weighted by Crippen LogP contribution is -2.48. The number of nitrogens with zero attached hydrogens (tertiary/aromatic N) is 3. The second kappa shape index (κ2) is 9.07. The van der Waals surface area contributed by atoms with Gasteiger partial charge in [-0.15, -0.1) is 0 Å². The van der Waals surface area contributed by atoms with Crippen molar-refractivity contribution in [2.24, 2.45) is 0 Å². The molecule has 2 aliphatic rings. The molecule has 1 amide bonds. The Morgan fingerprint density at radius 2 is 1.78 bits per heavy atom. The van der Waals surface area contributed by atoms with Crippen LogP contribution in [0.2, 0.25) is 0 Å². The summed E-state index contributed by atoms with van der Waals surface area (Å²) in [6.45, 7) is 6.65. The number of benzene rings is 2. The molecule has 1 fully saturated rings. The molecule has 0 aromatic heterocycles. The number of anilines is 2. The van der Waals surface area contributed by atoms with Crippen LogP contribution in [-0.2, 0) is 16.4 Å². The largest absolute Gasteiger partial charge is 0.369 e. The number of rotatable bonds is 6. The van der Waals surface area contributed by atoms with Crippen LogP contribution in [0, 0.1) is 5.82 Å². The predicted molar refractivity (Wildman–Crippen MR) is 124 cm³/mol. The van der Waals surface area contributed by atoms with E-state index in [0.717, 1.165) is 44.0 Å². The van der Waals surface area contributed by atoms with Gasteiger partial charge in [-0.2, -0.15) is 0 Å². The Labute approximate surface area is 188 Å². The molecular formula is C23H29FN4O3S. The van der Waals surface area contributed by atoms with Gasteiger partial charge in [0.05, 0.1) is 11.9 Å². The van der Waals surface area contributed by atoms with Crippen LogP contribution < -0.4 is 14.5 Å². The van der Waals surface area contributed by atoms with Crippen molar-refractivity contribution in [2.75, 3.05) is 54.7 Å². The summed E-state index contributed by atoms with van der Waals surface area (Å²) < 4.78 is 38.6. The lowest BCUT2D eigenvalue weighted by molar-refractivity contribution is 0.0947. The zero-order chi connectivity index (χ0) is 22.9. The fourth-order valence-corrected chi connectivity index (χ4v) is 5.82. The van der Waals surface area contributed by atoms with Crippen molar-refractivity contribution < 1.29 is 17.6 Å². The smallest absolute Gasteiger partial charge is 0.251 e. The third kappa shape index (κ3) is 4.88. The van der Waals surface area contributed by atoms with Crippen molar-refractivity contribution in [3.8, 4) is 0 Å². The summed E-state index contributed by atoms with van der Waals surface area (Å²) in [6, 6.07) is 11.6. The third-order valence-electron chi connectivity index (χ3n) is 6.13. The van der Waals surface area contributed by atoms with Crippen LogP contribution in [0.15, 0.2) is 42.5 Å². The number of hydrogen-bond acceptors (Lipinski definition) is 5. The number of fused-ring (bicyclic) bond motifs is 1. The van der Waals surface area contributed by atoms with Gasteiger partial charge in [-0.05, 0) is 61.4 Å². The van der Waals surface area contributed by atoms with E-state index >= 15 is 0 Å². The second-order valence-corrected chi connectivity index (χ2v) is 10.4. The van der Waals surface area contributed by atoms with E-state index in [1.54, 1.807) is 30.3 Å². The Morgan fingerprint density at radius 3 is 2.44 bits per heavy atom. The van der Waals surface area contributed by atoms with Gasteiger partial charge in [0.25, 0.3) is 5.91 Å². The molecule has 2 aromatic carbocycles. The van der Waals surface area contributed by atoms with Crippen molar-refractivity contribution in [3.63, 3.8) is 0 Å². The molecule has 2 aliphatic heterocycles. The highest BCUT2D eigenvalue weighted by molar-refractivity contribution is 7.92. The first kappa shape index (κ1) is 22.5. The van der Waals surface area contributed by atoms with Gasteiger partial charge in [-0.1, -0.05) is 0 Å². The average molecular weight is 461 g/mol. The summed E-state index contributed by atoms with van der Waals surface area (Å²) >= 11 is 0. The normalized spacial score (nSPS) is 19.2. The molecule has 2 heterocycles. The van der Waals surface area contributed by atoms with Crippen LogP contribution in [0.3, 0.4) is 0 Å². The minimum atomic E-state index is -3.34. The van der Waals surface area contributed by atoms with Crippen LogP contribution in [-0.4, -0.2) is 70.8 Å². The van der Waals surface area contributed by atoms with Gasteiger partial charge >= 0.3 is 0 Å². The molecule has 2 aromatic rings. The molecule has 4 rings (SSSR count). The van der Waals surface area contributed by atoms with Gasteiger partial charge in [0.2, 0.25) is 10.0 Å². The lowest BCUT2D eigenvalue weighted by Gasteiger charge is -2.36. The molecule has 32 heavy (non-hydrogen) atoms. The van der Waals surface area contributed by atoms with Crippen LogP contribution >= 0.6 is 0 Å². The first-order chi connectivity index (χ1) is 15.2. The van der Waals surface area contributed by atoms with Gasteiger partial charge in [0.1, 0.15) is 5.82 Å². The van der Waals surface area contributed by atoms with E-state index in [4.69, 9.17) is 0 Å². The lowest BCUT2D eigenvalue weighted by atomic mass is 10.1. The number of piperazine rings is 1. The maximum absolute atomic E-state index is 13.1. The van der Waals surface area contributed by atoms with Gasteiger partial charge < -0.3 is 10.2 Å². The Kier molecular flexibility index (Phi) is 6.39. The maximum atomic E-state index is 13.1. The van der Waals surface area contributed by atoms with Crippen LogP contribution in [0.1, 0.15) is 22.8 Å². The minimum Gasteiger partial charge on any atom is -0.369 e. The molecule has 1 N–H and O–H groups in total. The molecule has 7 nitrogen and oxygen atoms in total. The SMILES string of the molecule is CC1Cc2cc(C(=O)NCCN3CCN(c4ccc(F)cc4)CC3)ccc2N1S(C)(=O)=O. The molecule has 1 unspecified atom stereocenters. The van der Waals surface area contributed by atoms with Gasteiger partial charge in [0.15, 0.2) is 0 Å². The molecule has 172 valence electrons. The first-order valence-corrected chi connectivity index (χ1v) is 12.7. The standard InChI is InChI=1S/C23H29FN4O3S/c1-17-15-19-16-18(3-8-22(19)28(17)32(2,30)31)23(29)25-9-10-26-11-13-27(14-12-26)21-6-4-20(24)5-7-21/h3-8,16-17H,9-15H2,1-2H3,(H,25,29). The molecule has 0 bridgehead atoms. The molecule has 0 aliphatic carbocycles. The van der Waals surface area contributed by atoms with Crippen molar-refractivity contribution in [1.82, 2.24) is 10.2 Å². The van der Waals surface area contributed by atoms with Crippen molar-refractivity contribution in [3.05, 3.63) is 59.4 Å². The Balaban J connectivity index is 1.26. The Bertz CT molecular complexity index is 1080. The average Bonchev–Trinajstić information content (AvgIpc) is 3.10. The van der Waals surface area contributed by atoms with Crippen LogP contribution in [0.25, 0.3) is 0 Å². The van der Waals surface area contributed by atoms with E-state index in [1.165, 1.54) is 22.7 Å². The Morgan fingerprint density at radius 1 is 1.09 bits per heavy atom. The van der Waals surface area contributed by atoms with Gasteiger partial charge in [-0.3, -0.25) is 14.0 Å². The highest BCUT2D eigenvalue weighted by Gasteiger charge is 2.32. The van der Waals surface area contributed by atoms with E-state index in [0.29, 0.717) is 24.2 Å². The molecule has 0 spiro atoms. The summed E-state index contributed by atoms with van der Waals surface area (Å²) in [5.41, 5.74) is 3.12. The number of sulfonamides is 1. The summed E-state index contributed by atoms with van der Waals surface area (Å²) in [4.78, 5) is 17.1. The van der Waals surface area contributed by atoms with E-state index in [1.807, 2.05) is 6.92 Å². The monoisotopic (exact) mass is 460 g/mol. The number of carbonyl (C=O) groups is 1. The fraction of sp³-hybridized carbons (Fsp3) is 0.435. The van der Waals surface area contributed by atoms with E-state index in [2.05, 4.69) is 15.1 Å². The number of hydrogen-bond donors (Lipinski definition) is 1. The summed E-state index contributed by atoms with van der Waals surface area (Å²) in [5, 5.41) is 2.97. The van der Waals surface area contributed by atoms with Crippen molar-refractivity contribution >= 4 is 27.3 Å². The number of carbonyl (C=O) groups excluding carboxylic acids is 1. The zero-order valence-corrected chi connectivity index (χ0v) is 19.2. The second-order valence-electron chi connectivity index (χ2n) is 8.52. The van der Waals surface area contributed by atoms with Crippen molar-refractivity contribution in [1.29, 1.82) is 0 Å². The van der Waals surface area contributed by atoms with E-state index in [-0.39, 0.29) is 17.8 Å². The summed E-state index contributed by atoms with van der Waals surface area (Å²) in [5.74, 6) is -0.378. The van der Waals surface area contributed by atoms with E-state index < -0.39 is 10.0 Å². The number of halogens is 1. The summed E-state index contributed by atoms with van der Waals surface area (Å²) in [7, 11) is -3.34. The highest BCUT2D eigenvalue weighted by Crippen LogP contribution is 2.34. The fourth-order valence-electron chi connectivity index (χ4n) is 4.56. The zero-order valence-electron chi connectivity index (χ0n) is 18.4. The number of nitrogens with one attached hydrogen (secondary N) is 1. The molecule has 9 heteroatoms. The van der Waals surface area contributed by atoms with Crippen LogP contribution in [0.5, 0.6) is 0 Å². The quantitative estimate of drug-likeness (QED) is 0.715.